The van der Waals surface area contributed by atoms with Gasteiger partial charge in [0.2, 0.25) is 5.82 Å². The Morgan fingerprint density at radius 2 is 1.50 bits per heavy atom. The Labute approximate surface area is 184 Å². The largest absolute Gasteiger partial charge is 0.497 e. The summed E-state index contributed by atoms with van der Waals surface area (Å²) in [7, 11) is 4.68. The van der Waals surface area contributed by atoms with E-state index in [-0.39, 0.29) is 5.91 Å². The number of carbonyl (C=O) groups excluding carboxylic acids is 1. The van der Waals surface area contributed by atoms with Crippen LogP contribution >= 0.6 is 0 Å². The highest BCUT2D eigenvalue weighted by atomic mass is 16.5. The van der Waals surface area contributed by atoms with Gasteiger partial charge < -0.3 is 24.1 Å². The summed E-state index contributed by atoms with van der Waals surface area (Å²) in [4.78, 5) is 17.0. The summed E-state index contributed by atoms with van der Waals surface area (Å²) in [5, 5.41) is 6.89. The van der Waals surface area contributed by atoms with Gasteiger partial charge in [0.05, 0.1) is 21.3 Å². The van der Waals surface area contributed by atoms with Gasteiger partial charge in [-0.2, -0.15) is 4.98 Å². The number of methoxy groups -OCH3 is 3. The first kappa shape index (κ1) is 20.9. The predicted molar refractivity (Wildman–Crippen MR) is 119 cm³/mol. The van der Waals surface area contributed by atoms with Crippen molar-refractivity contribution >= 4 is 11.6 Å². The van der Waals surface area contributed by atoms with Gasteiger partial charge >= 0.3 is 0 Å². The summed E-state index contributed by atoms with van der Waals surface area (Å²) in [5.41, 5.74) is 2.64. The number of amides is 1. The number of ether oxygens (including phenoxy) is 3. The van der Waals surface area contributed by atoms with E-state index in [0.29, 0.717) is 34.5 Å². The second-order valence-corrected chi connectivity index (χ2v) is 6.75. The van der Waals surface area contributed by atoms with Crippen LogP contribution in [-0.4, -0.2) is 37.4 Å². The Balaban J connectivity index is 1.46. The van der Waals surface area contributed by atoms with E-state index < -0.39 is 0 Å². The van der Waals surface area contributed by atoms with E-state index in [2.05, 4.69) is 15.5 Å². The van der Waals surface area contributed by atoms with Crippen LogP contribution in [0.1, 0.15) is 10.4 Å². The lowest BCUT2D eigenvalue weighted by Gasteiger charge is -2.10. The molecule has 0 atom stereocenters. The minimum absolute atomic E-state index is 0.265. The number of carbonyl (C=O) groups is 1. The molecule has 0 fully saturated rings. The molecule has 1 amide bonds. The van der Waals surface area contributed by atoms with Gasteiger partial charge in [0, 0.05) is 22.4 Å². The molecule has 0 aliphatic heterocycles. The lowest BCUT2D eigenvalue weighted by Crippen LogP contribution is -2.12. The molecule has 0 saturated carbocycles. The average molecular weight is 431 g/mol. The molecular weight excluding hydrogens is 410 g/mol. The summed E-state index contributed by atoms with van der Waals surface area (Å²) in [6, 6.07) is 19.5. The van der Waals surface area contributed by atoms with Crippen molar-refractivity contribution in [2.75, 3.05) is 26.6 Å². The number of anilines is 1. The highest BCUT2D eigenvalue weighted by Gasteiger charge is 2.13. The molecule has 0 aliphatic rings. The van der Waals surface area contributed by atoms with Gasteiger partial charge in [-0.3, -0.25) is 4.79 Å². The standard InChI is InChI=1S/C24H21N3O5/c1-29-19-11-6-15(7-12-19)22-26-24(32-27-22)16-4-9-18(10-5-16)25-23(28)17-8-13-20(30-2)21(14-17)31-3/h4-14H,1-3H3,(H,25,28). The van der Waals surface area contributed by atoms with Crippen LogP contribution in [0.15, 0.2) is 71.3 Å². The summed E-state index contributed by atoms with van der Waals surface area (Å²) in [5.74, 6) is 2.39. The molecule has 0 unspecified atom stereocenters. The van der Waals surface area contributed by atoms with E-state index in [1.54, 1.807) is 56.7 Å². The molecule has 32 heavy (non-hydrogen) atoms. The zero-order chi connectivity index (χ0) is 22.5. The topological polar surface area (TPSA) is 95.7 Å². The van der Waals surface area contributed by atoms with E-state index >= 15 is 0 Å². The predicted octanol–water partition coefficient (Wildman–Crippen LogP) is 4.68. The zero-order valence-corrected chi connectivity index (χ0v) is 17.8. The SMILES string of the molecule is COc1ccc(-c2noc(-c3ccc(NC(=O)c4ccc(OC)c(OC)c4)cc3)n2)cc1. The molecule has 1 N–H and O–H groups in total. The maximum atomic E-state index is 12.6. The average Bonchev–Trinajstić information content (AvgIpc) is 3.34. The summed E-state index contributed by atoms with van der Waals surface area (Å²) >= 11 is 0. The zero-order valence-electron chi connectivity index (χ0n) is 17.8. The minimum atomic E-state index is -0.265. The summed E-state index contributed by atoms with van der Waals surface area (Å²) in [6.07, 6.45) is 0. The molecule has 162 valence electrons. The van der Waals surface area contributed by atoms with Crippen LogP contribution in [0.5, 0.6) is 17.2 Å². The van der Waals surface area contributed by atoms with Crippen molar-refractivity contribution in [3.63, 3.8) is 0 Å². The summed E-state index contributed by atoms with van der Waals surface area (Å²) in [6.45, 7) is 0. The van der Waals surface area contributed by atoms with Crippen molar-refractivity contribution in [2.45, 2.75) is 0 Å². The highest BCUT2D eigenvalue weighted by Crippen LogP contribution is 2.28. The van der Waals surface area contributed by atoms with Crippen LogP contribution in [0.3, 0.4) is 0 Å². The maximum absolute atomic E-state index is 12.6. The number of nitrogens with one attached hydrogen (secondary N) is 1. The van der Waals surface area contributed by atoms with Crippen LogP contribution in [0, 0.1) is 0 Å². The van der Waals surface area contributed by atoms with Crippen molar-refractivity contribution in [2.24, 2.45) is 0 Å². The van der Waals surface area contributed by atoms with E-state index in [1.165, 1.54) is 7.11 Å². The Bertz CT molecular complexity index is 1220. The van der Waals surface area contributed by atoms with E-state index in [4.69, 9.17) is 18.7 Å². The van der Waals surface area contributed by atoms with Crippen molar-refractivity contribution in [1.29, 1.82) is 0 Å². The third kappa shape index (κ3) is 4.39. The van der Waals surface area contributed by atoms with Crippen LogP contribution < -0.4 is 19.5 Å². The normalized spacial score (nSPS) is 10.5. The number of nitrogens with zero attached hydrogens (tertiary/aromatic N) is 2. The van der Waals surface area contributed by atoms with Crippen molar-refractivity contribution in [3.05, 3.63) is 72.3 Å². The Kier molecular flexibility index (Phi) is 6.03. The smallest absolute Gasteiger partial charge is 0.258 e. The Morgan fingerprint density at radius 1 is 0.812 bits per heavy atom. The first-order valence-electron chi connectivity index (χ1n) is 9.73. The molecule has 3 aromatic carbocycles. The number of aromatic nitrogens is 2. The van der Waals surface area contributed by atoms with E-state index in [9.17, 15) is 4.79 Å². The van der Waals surface area contributed by atoms with Crippen LogP contribution in [0.25, 0.3) is 22.8 Å². The van der Waals surface area contributed by atoms with Gasteiger partial charge in [-0.05, 0) is 66.7 Å². The van der Waals surface area contributed by atoms with Crippen LogP contribution in [0.2, 0.25) is 0 Å². The Hall–Kier alpha value is -4.33. The first-order valence-corrected chi connectivity index (χ1v) is 9.73. The molecule has 0 aliphatic carbocycles. The fraction of sp³-hybridized carbons (Fsp3) is 0.125. The molecule has 8 nitrogen and oxygen atoms in total. The molecule has 1 aromatic heterocycles. The van der Waals surface area contributed by atoms with Crippen LogP contribution in [-0.2, 0) is 0 Å². The molecule has 0 bridgehead atoms. The summed E-state index contributed by atoms with van der Waals surface area (Å²) < 4.78 is 21.0. The maximum Gasteiger partial charge on any atom is 0.258 e. The lowest BCUT2D eigenvalue weighted by atomic mass is 10.1. The molecule has 0 radical (unpaired) electrons. The minimum Gasteiger partial charge on any atom is -0.497 e. The second-order valence-electron chi connectivity index (χ2n) is 6.75. The van der Waals surface area contributed by atoms with Gasteiger partial charge in [-0.15, -0.1) is 0 Å². The molecule has 1 heterocycles. The van der Waals surface area contributed by atoms with Gasteiger partial charge in [0.15, 0.2) is 11.5 Å². The number of hydrogen-bond donors (Lipinski definition) is 1. The molecule has 4 aromatic rings. The van der Waals surface area contributed by atoms with Gasteiger partial charge in [0.25, 0.3) is 11.8 Å². The van der Waals surface area contributed by atoms with Crippen molar-refractivity contribution in [3.8, 4) is 40.1 Å². The lowest BCUT2D eigenvalue weighted by molar-refractivity contribution is 0.102. The van der Waals surface area contributed by atoms with Gasteiger partial charge in [-0.25, -0.2) is 0 Å². The van der Waals surface area contributed by atoms with Crippen molar-refractivity contribution in [1.82, 2.24) is 10.1 Å². The molecule has 0 saturated heterocycles. The monoisotopic (exact) mass is 431 g/mol. The Morgan fingerprint density at radius 3 is 2.16 bits per heavy atom. The number of rotatable bonds is 7. The quantitative estimate of drug-likeness (QED) is 0.454. The van der Waals surface area contributed by atoms with Crippen LogP contribution in [0.4, 0.5) is 5.69 Å². The van der Waals surface area contributed by atoms with Gasteiger partial charge in [-0.1, -0.05) is 5.16 Å². The van der Waals surface area contributed by atoms with Gasteiger partial charge in [0.1, 0.15) is 5.75 Å². The van der Waals surface area contributed by atoms with Crippen molar-refractivity contribution < 1.29 is 23.5 Å². The number of benzene rings is 3. The molecular formula is C24H21N3O5. The highest BCUT2D eigenvalue weighted by molar-refractivity contribution is 6.04. The third-order valence-electron chi connectivity index (χ3n) is 4.81. The van der Waals surface area contributed by atoms with E-state index in [0.717, 1.165) is 16.9 Å². The molecule has 4 rings (SSSR count). The first-order chi connectivity index (χ1) is 15.6. The second kappa shape index (κ2) is 9.22. The third-order valence-corrected chi connectivity index (χ3v) is 4.81. The molecule has 8 heteroatoms. The fourth-order valence-corrected chi connectivity index (χ4v) is 3.07. The fourth-order valence-electron chi connectivity index (χ4n) is 3.07. The number of hydrogen-bond acceptors (Lipinski definition) is 7. The molecule has 0 spiro atoms. The van der Waals surface area contributed by atoms with E-state index in [1.807, 2.05) is 24.3 Å².